The van der Waals surface area contributed by atoms with Crippen molar-refractivity contribution < 1.29 is 9.15 Å². The highest BCUT2D eigenvalue weighted by Gasteiger charge is 2.17. The summed E-state index contributed by atoms with van der Waals surface area (Å²) in [4.78, 5) is 22.4. The third-order valence-electron chi connectivity index (χ3n) is 4.93. The minimum absolute atomic E-state index is 0.00456. The molecular formula is C24H25N3O3S. The minimum atomic E-state index is -0.0185. The van der Waals surface area contributed by atoms with Crippen molar-refractivity contribution in [2.75, 3.05) is 6.61 Å². The van der Waals surface area contributed by atoms with Gasteiger partial charge in [0.05, 0.1) is 23.2 Å². The number of fused-ring (bicyclic) bond motifs is 1. The van der Waals surface area contributed by atoms with Crippen molar-refractivity contribution in [1.29, 1.82) is 0 Å². The van der Waals surface area contributed by atoms with Gasteiger partial charge in [-0.05, 0) is 64.1 Å². The molecule has 0 atom stereocenters. The first kappa shape index (κ1) is 21.2. The van der Waals surface area contributed by atoms with Crippen LogP contribution in [-0.2, 0) is 5.75 Å². The van der Waals surface area contributed by atoms with Crippen molar-refractivity contribution in [2.45, 2.75) is 44.6 Å². The van der Waals surface area contributed by atoms with Gasteiger partial charge in [0, 0.05) is 17.4 Å². The van der Waals surface area contributed by atoms with Gasteiger partial charge in [0.15, 0.2) is 5.16 Å². The molecule has 6 nitrogen and oxygen atoms in total. The van der Waals surface area contributed by atoms with Gasteiger partial charge in [0.1, 0.15) is 11.5 Å². The Labute approximate surface area is 185 Å². The number of aryl methyl sites for hydroxylation is 1. The smallest absolute Gasteiger partial charge is 0.262 e. The van der Waals surface area contributed by atoms with Gasteiger partial charge in [-0.25, -0.2) is 9.97 Å². The lowest BCUT2D eigenvalue weighted by atomic mass is 10.2. The van der Waals surface area contributed by atoms with E-state index in [2.05, 4.69) is 4.98 Å². The molecular weight excluding hydrogens is 410 g/mol. The summed E-state index contributed by atoms with van der Waals surface area (Å²) in [6.07, 6.45) is 0. The van der Waals surface area contributed by atoms with Crippen LogP contribution in [0.15, 0.2) is 62.9 Å². The maximum Gasteiger partial charge on any atom is 0.262 e. The SMILES string of the molecule is CCOc1ccc(-c2nc(CSc3nc4ccccc4c(=O)n3C(C)C)c(C)o2)cc1. The van der Waals surface area contributed by atoms with Crippen LogP contribution in [0, 0.1) is 6.92 Å². The summed E-state index contributed by atoms with van der Waals surface area (Å²) in [5.74, 6) is 2.71. The van der Waals surface area contributed by atoms with Crippen LogP contribution in [0.25, 0.3) is 22.4 Å². The summed E-state index contributed by atoms with van der Waals surface area (Å²) in [7, 11) is 0. The molecule has 0 saturated carbocycles. The van der Waals surface area contributed by atoms with Crippen molar-refractivity contribution in [3.8, 4) is 17.2 Å². The van der Waals surface area contributed by atoms with E-state index in [0.29, 0.717) is 34.3 Å². The predicted octanol–water partition coefficient (Wildman–Crippen LogP) is 5.63. The molecule has 0 aliphatic carbocycles. The van der Waals surface area contributed by atoms with Crippen molar-refractivity contribution in [2.24, 2.45) is 0 Å². The molecule has 0 amide bonds. The zero-order valence-corrected chi connectivity index (χ0v) is 18.9. The number of hydrogen-bond acceptors (Lipinski definition) is 6. The third-order valence-corrected chi connectivity index (χ3v) is 5.90. The lowest BCUT2D eigenvalue weighted by Crippen LogP contribution is -2.25. The fourth-order valence-electron chi connectivity index (χ4n) is 3.36. The standard InChI is InChI=1S/C24H25N3O3S/c1-5-29-18-12-10-17(11-13-18)22-25-21(16(4)30-22)14-31-24-26-20-9-7-6-8-19(20)23(28)27(24)15(2)3/h6-13,15H,5,14H2,1-4H3. The fraction of sp³-hybridized carbons (Fsp3) is 0.292. The van der Waals surface area contributed by atoms with E-state index >= 15 is 0 Å². The van der Waals surface area contributed by atoms with Gasteiger partial charge in [-0.2, -0.15) is 0 Å². The second-order valence-corrected chi connectivity index (χ2v) is 8.39. The average molecular weight is 436 g/mol. The number of nitrogens with zero attached hydrogens (tertiary/aromatic N) is 3. The van der Waals surface area contributed by atoms with Crippen molar-refractivity contribution >= 4 is 22.7 Å². The van der Waals surface area contributed by atoms with Crippen LogP contribution < -0.4 is 10.3 Å². The van der Waals surface area contributed by atoms with E-state index in [9.17, 15) is 4.79 Å². The maximum atomic E-state index is 13.0. The molecule has 0 spiro atoms. The van der Waals surface area contributed by atoms with E-state index in [4.69, 9.17) is 14.1 Å². The molecule has 4 rings (SSSR count). The summed E-state index contributed by atoms with van der Waals surface area (Å²) in [5.41, 5.74) is 2.42. The van der Waals surface area contributed by atoms with Crippen LogP contribution in [0.4, 0.5) is 0 Å². The van der Waals surface area contributed by atoms with E-state index in [0.717, 1.165) is 22.8 Å². The van der Waals surface area contributed by atoms with Gasteiger partial charge in [-0.3, -0.25) is 9.36 Å². The van der Waals surface area contributed by atoms with E-state index in [-0.39, 0.29) is 11.6 Å². The third kappa shape index (κ3) is 4.37. The molecule has 0 radical (unpaired) electrons. The lowest BCUT2D eigenvalue weighted by molar-refractivity contribution is 0.340. The summed E-state index contributed by atoms with van der Waals surface area (Å²) >= 11 is 1.50. The Morgan fingerprint density at radius 2 is 1.84 bits per heavy atom. The van der Waals surface area contributed by atoms with Crippen LogP contribution in [0.1, 0.15) is 38.3 Å². The summed E-state index contributed by atoms with van der Waals surface area (Å²) in [6, 6.07) is 15.2. The average Bonchev–Trinajstić information content (AvgIpc) is 3.13. The first-order chi connectivity index (χ1) is 15.0. The highest BCUT2D eigenvalue weighted by molar-refractivity contribution is 7.98. The molecule has 0 aliphatic rings. The fourth-order valence-corrected chi connectivity index (χ4v) is 4.49. The lowest BCUT2D eigenvalue weighted by Gasteiger charge is -2.15. The molecule has 7 heteroatoms. The molecule has 2 heterocycles. The molecule has 0 bridgehead atoms. The van der Waals surface area contributed by atoms with Crippen LogP contribution in [-0.4, -0.2) is 21.1 Å². The molecule has 0 N–H and O–H groups in total. The molecule has 4 aromatic rings. The molecule has 2 aromatic heterocycles. The molecule has 0 aliphatic heterocycles. The van der Waals surface area contributed by atoms with Gasteiger partial charge >= 0.3 is 0 Å². The number of rotatable bonds is 7. The molecule has 2 aromatic carbocycles. The quantitative estimate of drug-likeness (QED) is 0.277. The number of aromatic nitrogens is 3. The molecule has 0 saturated heterocycles. The summed E-state index contributed by atoms with van der Waals surface area (Å²) in [5, 5.41) is 1.32. The van der Waals surface area contributed by atoms with E-state index in [1.165, 1.54) is 11.8 Å². The van der Waals surface area contributed by atoms with Gasteiger partial charge in [0.25, 0.3) is 5.56 Å². The number of thioether (sulfide) groups is 1. The van der Waals surface area contributed by atoms with Crippen molar-refractivity contribution in [3.63, 3.8) is 0 Å². The van der Waals surface area contributed by atoms with Crippen LogP contribution in [0.5, 0.6) is 5.75 Å². The molecule has 160 valence electrons. The summed E-state index contributed by atoms with van der Waals surface area (Å²) in [6.45, 7) is 8.48. The van der Waals surface area contributed by atoms with Crippen molar-refractivity contribution in [3.05, 3.63) is 70.3 Å². The van der Waals surface area contributed by atoms with Gasteiger partial charge in [0.2, 0.25) is 5.89 Å². The second kappa shape index (κ2) is 8.98. The zero-order chi connectivity index (χ0) is 22.0. The Hall–Kier alpha value is -3.06. The van der Waals surface area contributed by atoms with Crippen molar-refractivity contribution in [1.82, 2.24) is 14.5 Å². The largest absolute Gasteiger partial charge is 0.494 e. The van der Waals surface area contributed by atoms with E-state index < -0.39 is 0 Å². The number of hydrogen-bond donors (Lipinski definition) is 0. The van der Waals surface area contributed by atoms with Gasteiger partial charge in [-0.15, -0.1) is 0 Å². The molecule has 31 heavy (non-hydrogen) atoms. The van der Waals surface area contributed by atoms with Gasteiger partial charge < -0.3 is 9.15 Å². The number of benzene rings is 2. The van der Waals surface area contributed by atoms with Crippen LogP contribution >= 0.6 is 11.8 Å². The maximum absolute atomic E-state index is 13.0. The number of ether oxygens (including phenoxy) is 1. The highest BCUT2D eigenvalue weighted by Crippen LogP contribution is 2.29. The Morgan fingerprint density at radius 3 is 2.55 bits per heavy atom. The second-order valence-electron chi connectivity index (χ2n) is 7.45. The Morgan fingerprint density at radius 1 is 1.10 bits per heavy atom. The summed E-state index contributed by atoms with van der Waals surface area (Å²) < 4.78 is 13.1. The predicted molar refractivity (Wildman–Crippen MR) is 124 cm³/mol. The monoisotopic (exact) mass is 435 g/mol. The number of para-hydroxylation sites is 1. The molecule has 0 fully saturated rings. The van der Waals surface area contributed by atoms with Crippen LogP contribution in [0.3, 0.4) is 0 Å². The first-order valence-corrected chi connectivity index (χ1v) is 11.3. The Kier molecular flexibility index (Phi) is 6.13. The Bertz CT molecular complexity index is 1260. The zero-order valence-electron chi connectivity index (χ0n) is 18.1. The molecule has 0 unspecified atom stereocenters. The Balaban J connectivity index is 1.61. The number of oxazole rings is 1. The van der Waals surface area contributed by atoms with Crippen LogP contribution in [0.2, 0.25) is 0 Å². The topological polar surface area (TPSA) is 70.2 Å². The van der Waals surface area contributed by atoms with Gasteiger partial charge in [-0.1, -0.05) is 23.9 Å². The first-order valence-electron chi connectivity index (χ1n) is 10.3. The van der Waals surface area contributed by atoms with E-state index in [1.54, 1.807) is 4.57 Å². The van der Waals surface area contributed by atoms with E-state index in [1.807, 2.05) is 76.2 Å². The highest BCUT2D eigenvalue weighted by atomic mass is 32.2. The minimum Gasteiger partial charge on any atom is -0.494 e. The normalized spacial score (nSPS) is 11.4.